The number of hydrogen-bond acceptors (Lipinski definition) is 0. The fourth-order valence-electron chi connectivity index (χ4n) is 2.44. The summed E-state index contributed by atoms with van der Waals surface area (Å²) in [4.78, 5) is 0. The molecule has 0 saturated carbocycles. The topological polar surface area (TPSA) is 0 Å². The second-order valence-corrected chi connectivity index (χ2v) is 5.62. The Morgan fingerprint density at radius 2 is 1.74 bits per heavy atom. The first kappa shape index (κ1) is 16.5. The molecule has 1 rings (SSSR count). The predicted molar refractivity (Wildman–Crippen MR) is 82.5 cm³/mol. The summed E-state index contributed by atoms with van der Waals surface area (Å²) in [5.74, 6) is 0.722. The Balaban J connectivity index is 2.22. The molecule has 0 aliphatic rings. The molecule has 0 fully saturated rings. The zero-order valence-corrected chi connectivity index (χ0v) is 12.8. The molecule has 0 spiro atoms. The van der Waals surface area contributed by atoms with Crippen molar-refractivity contribution in [3.63, 3.8) is 0 Å². The lowest BCUT2D eigenvalue weighted by Gasteiger charge is -2.14. The van der Waals surface area contributed by atoms with Crippen molar-refractivity contribution in [3.8, 4) is 0 Å². The number of unbranched alkanes of at least 4 members (excludes halogenated alkanes) is 6. The number of hydrogen-bond donors (Lipinski definition) is 0. The molecule has 0 amide bonds. The average molecular weight is 285 g/mol. The standard InChI is InChI=1S/C17H26ClF/c1-2-3-4-5-6-7-8-10-16(14-18)15-11-9-12-17(19)13-15/h9,11-13,16H,2-8,10,14H2,1H3. The van der Waals surface area contributed by atoms with E-state index < -0.39 is 0 Å². The van der Waals surface area contributed by atoms with Gasteiger partial charge in [0.25, 0.3) is 0 Å². The summed E-state index contributed by atoms with van der Waals surface area (Å²) in [5, 5.41) is 0. The normalized spacial score (nSPS) is 12.6. The molecule has 108 valence electrons. The van der Waals surface area contributed by atoms with E-state index in [4.69, 9.17) is 11.6 Å². The minimum atomic E-state index is -0.160. The van der Waals surface area contributed by atoms with Crippen LogP contribution in [0.15, 0.2) is 24.3 Å². The Labute approximate surface area is 122 Å². The largest absolute Gasteiger partial charge is 0.207 e. The minimum absolute atomic E-state index is 0.160. The molecular weight excluding hydrogens is 259 g/mol. The van der Waals surface area contributed by atoms with Crippen LogP contribution >= 0.6 is 11.6 Å². The van der Waals surface area contributed by atoms with Gasteiger partial charge in [-0.1, -0.05) is 64.0 Å². The van der Waals surface area contributed by atoms with Gasteiger partial charge in [0, 0.05) is 5.88 Å². The van der Waals surface area contributed by atoms with Crippen molar-refractivity contribution >= 4 is 11.6 Å². The SMILES string of the molecule is CCCCCCCCCC(CCl)c1cccc(F)c1. The first-order chi connectivity index (χ1) is 9.27. The summed E-state index contributed by atoms with van der Waals surface area (Å²) in [6.07, 6.45) is 10.2. The number of alkyl halides is 1. The third kappa shape index (κ3) is 6.96. The maximum atomic E-state index is 13.2. The lowest BCUT2D eigenvalue weighted by atomic mass is 9.94. The van der Waals surface area contributed by atoms with Crippen LogP contribution in [0.5, 0.6) is 0 Å². The summed E-state index contributed by atoms with van der Waals surface area (Å²) in [6.45, 7) is 2.24. The van der Waals surface area contributed by atoms with Crippen LogP contribution in [0, 0.1) is 5.82 Å². The summed E-state index contributed by atoms with van der Waals surface area (Å²) in [7, 11) is 0. The lowest BCUT2D eigenvalue weighted by Crippen LogP contribution is -2.01. The van der Waals surface area contributed by atoms with Crippen LogP contribution in [-0.4, -0.2) is 5.88 Å². The molecule has 0 bridgehead atoms. The lowest BCUT2D eigenvalue weighted by molar-refractivity contribution is 0.548. The van der Waals surface area contributed by atoms with Crippen LogP contribution in [0.4, 0.5) is 4.39 Å². The monoisotopic (exact) mass is 284 g/mol. The van der Waals surface area contributed by atoms with Gasteiger partial charge in [0.2, 0.25) is 0 Å². The molecule has 19 heavy (non-hydrogen) atoms. The molecule has 1 atom stereocenters. The van der Waals surface area contributed by atoms with Crippen molar-refractivity contribution in [2.24, 2.45) is 0 Å². The highest BCUT2D eigenvalue weighted by molar-refractivity contribution is 6.18. The van der Waals surface area contributed by atoms with Gasteiger partial charge in [0.05, 0.1) is 0 Å². The Morgan fingerprint density at radius 1 is 1.05 bits per heavy atom. The summed E-state index contributed by atoms with van der Waals surface area (Å²) in [5.41, 5.74) is 1.04. The van der Waals surface area contributed by atoms with E-state index in [0.29, 0.717) is 11.8 Å². The van der Waals surface area contributed by atoms with Crippen LogP contribution in [0.3, 0.4) is 0 Å². The quantitative estimate of drug-likeness (QED) is 0.350. The van der Waals surface area contributed by atoms with E-state index >= 15 is 0 Å². The van der Waals surface area contributed by atoms with Crippen LogP contribution in [0.1, 0.15) is 69.8 Å². The zero-order valence-electron chi connectivity index (χ0n) is 12.0. The van der Waals surface area contributed by atoms with Gasteiger partial charge >= 0.3 is 0 Å². The second kappa shape index (κ2) is 10.3. The molecule has 0 aliphatic carbocycles. The van der Waals surface area contributed by atoms with Gasteiger partial charge in [0.1, 0.15) is 5.82 Å². The molecule has 0 N–H and O–H groups in total. The number of halogens is 2. The third-order valence-corrected chi connectivity index (χ3v) is 4.03. The number of benzene rings is 1. The van der Waals surface area contributed by atoms with Gasteiger partial charge in [-0.25, -0.2) is 4.39 Å². The molecule has 0 radical (unpaired) electrons. The second-order valence-electron chi connectivity index (χ2n) is 5.32. The molecule has 0 nitrogen and oxygen atoms in total. The van der Waals surface area contributed by atoms with E-state index in [1.165, 1.54) is 51.0 Å². The van der Waals surface area contributed by atoms with E-state index in [1.54, 1.807) is 12.1 Å². The first-order valence-electron chi connectivity index (χ1n) is 7.59. The van der Waals surface area contributed by atoms with E-state index in [9.17, 15) is 4.39 Å². The zero-order chi connectivity index (χ0) is 13.9. The minimum Gasteiger partial charge on any atom is -0.207 e. The molecule has 2 heteroatoms. The highest BCUT2D eigenvalue weighted by Gasteiger charge is 2.10. The molecule has 0 saturated heterocycles. The maximum Gasteiger partial charge on any atom is 0.123 e. The van der Waals surface area contributed by atoms with Crippen molar-refractivity contribution in [2.75, 3.05) is 5.88 Å². The number of rotatable bonds is 10. The molecule has 1 unspecified atom stereocenters. The van der Waals surface area contributed by atoms with E-state index in [1.807, 2.05) is 6.07 Å². The molecule has 1 aromatic carbocycles. The van der Waals surface area contributed by atoms with E-state index in [0.717, 1.165) is 12.0 Å². The Bertz CT molecular complexity index is 338. The highest BCUT2D eigenvalue weighted by Crippen LogP contribution is 2.24. The summed E-state index contributed by atoms with van der Waals surface area (Å²) < 4.78 is 13.2. The van der Waals surface area contributed by atoms with Crippen LogP contribution in [-0.2, 0) is 0 Å². The molecule has 0 aromatic heterocycles. The van der Waals surface area contributed by atoms with Crippen molar-refractivity contribution in [1.29, 1.82) is 0 Å². The fourth-order valence-corrected chi connectivity index (χ4v) is 2.77. The van der Waals surface area contributed by atoms with Gasteiger partial charge < -0.3 is 0 Å². The van der Waals surface area contributed by atoms with Crippen LogP contribution in [0.2, 0.25) is 0 Å². The average Bonchev–Trinajstić information content (AvgIpc) is 2.42. The van der Waals surface area contributed by atoms with E-state index in [-0.39, 0.29) is 5.82 Å². The summed E-state index contributed by atoms with van der Waals surface area (Å²) >= 11 is 6.01. The third-order valence-electron chi connectivity index (χ3n) is 3.66. The van der Waals surface area contributed by atoms with Gasteiger partial charge in [-0.3, -0.25) is 0 Å². The van der Waals surface area contributed by atoms with Crippen LogP contribution in [0.25, 0.3) is 0 Å². The van der Waals surface area contributed by atoms with Crippen molar-refractivity contribution in [1.82, 2.24) is 0 Å². The van der Waals surface area contributed by atoms with Crippen molar-refractivity contribution in [2.45, 2.75) is 64.2 Å². The fraction of sp³-hybridized carbons (Fsp3) is 0.647. The van der Waals surface area contributed by atoms with Crippen LogP contribution < -0.4 is 0 Å². The Morgan fingerprint density at radius 3 is 2.37 bits per heavy atom. The van der Waals surface area contributed by atoms with Crippen molar-refractivity contribution < 1.29 is 4.39 Å². The molecular formula is C17H26ClF. The van der Waals surface area contributed by atoms with Crippen molar-refractivity contribution in [3.05, 3.63) is 35.6 Å². The molecule has 0 heterocycles. The van der Waals surface area contributed by atoms with Gasteiger partial charge in [0.15, 0.2) is 0 Å². The van der Waals surface area contributed by atoms with E-state index in [2.05, 4.69) is 6.92 Å². The molecule has 1 aromatic rings. The van der Waals surface area contributed by atoms with Gasteiger partial charge in [-0.2, -0.15) is 0 Å². The molecule has 0 aliphatic heterocycles. The smallest absolute Gasteiger partial charge is 0.123 e. The Kier molecular flexibility index (Phi) is 8.90. The maximum absolute atomic E-state index is 13.2. The highest BCUT2D eigenvalue weighted by atomic mass is 35.5. The Hall–Kier alpha value is -0.560. The van der Waals surface area contributed by atoms with Gasteiger partial charge in [-0.05, 0) is 30.0 Å². The predicted octanol–water partition coefficient (Wildman–Crippen LogP) is 6.29. The summed E-state index contributed by atoms with van der Waals surface area (Å²) in [6, 6.07) is 6.86. The van der Waals surface area contributed by atoms with Gasteiger partial charge in [-0.15, -0.1) is 11.6 Å². The first-order valence-corrected chi connectivity index (χ1v) is 8.12.